The van der Waals surface area contributed by atoms with Gasteiger partial charge in [0.1, 0.15) is 11.6 Å². The van der Waals surface area contributed by atoms with E-state index in [-0.39, 0.29) is 5.91 Å². The highest BCUT2D eigenvalue weighted by atomic mass is 16.3. The first-order valence-electron chi connectivity index (χ1n) is 9.73. The number of hydrogen-bond donors (Lipinski definition) is 1. The first kappa shape index (κ1) is 19.9. The summed E-state index contributed by atoms with van der Waals surface area (Å²) >= 11 is 0. The van der Waals surface area contributed by atoms with E-state index in [0.717, 1.165) is 17.9 Å². The van der Waals surface area contributed by atoms with Crippen LogP contribution in [0.5, 0.6) is 0 Å². The Balaban J connectivity index is 1.80. The average Bonchev–Trinajstić information content (AvgIpc) is 3.17. The van der Waals surface area contributed by atoms with Crippen LogP contribution in [-0.4, -0.2) is 10.9 Å². The third-order valence-electron chi connectivity index (χ3n) is 5.80. The Kier molecular flexibility index (Phi) is 5.68. The van der Waals surface area contributed by atoms with Crippen molar-refractivity contribution in [2.45, 2.75) is 54.4 Å². The normalized spacial score (nSPS) is 10.9. The predicted molar refractivity (Wildman–Crippen MR) is 113 cm³/mol. The molecule has 0 unspecified atom stereocenters. The van der Waals surface area contributed by atoms with Crippen molar-refractivity contribution in [3.63, 3.8) is 0 Å². The van der Waals surface area contributed by atoms with Gasteiger partial charge in [-0.05, 0) is 98.7 Å². The smallest absolute Gasteiger partial charge is 0.292 e. The van der Waals surface area contributed by atoms with Crippen molar-refractivity contribution in [2.24, 2.45) is 0 Å². The van der Waals surface area contributed by atoms with Gasteiger partial charge in [0.15, 0.2) is 5.76 Å². The molecule has 0 aliphatic carbocycles. The summed E-state index contributed by atoms with van der Waals surface area (Å²) in [5.74, 6) is 1.35. The number of pyridine rings is 1. The lowest BCUT2D eigenvalue weighted by molar-refractivity contribution is 0.0994. The van der Waals surface area contributed by atoms with E-state index < -0.39 is 0 Å². The average molecular weight is 377 g/mol. The minimum Gasteiger partial charge on any atom is -0.456 e. The Labute approximate surface area is 167 Å². The summed E-state index contributed by atoms with van der Waals surface area (Å²) in [4.78, 5) is 16.9. The van der Waals surface area contributed by atoms with Crippen LogP contribution in [0.1, 0.15) is 62.3 Å². The van der Waals surface area contributed by atoms with E-state index in [1.807, 2.05) is 25.1 Å². The van der Waals surface area contributed by atoms with Crippen LogP contribution >= 0.6 is 0 Å². The van der Waals surface area contributed by atoms with Crippen LogP contribution in [0, 0.1) is 34.6 Å². The molecule has 0 saturated carbocycles. The fraction of sp³-hybridized carbons (Fsp3) is 0.333. The van der Waals surface area contributed by atoms with Crippen molar-refractivity contribution in [3.8, 4) is 0 Å². The Morgan fingerprint density at radius 1 is 0.929 bits per heavy atom. The molecule has 0 radical (unpaired) electrons. The second-order valence-electron chi connectivity index (χ2n) is 7.37. The maximum atomic E-state index is 12.5. The highest BCUT2D eigenvalue weighted by Crippen LogP contribution is 2.28. The number of rotatable bonds is 5. The molecular weight excluding hydrogens is 348 g/mol. The molecule has 0 aliphatic heterocycles. The van der Waals surface area contributed by atoms with Gasteiger partial charge < -0.3 is 9.73 Å². The number of anilines is 1. The number of hydrogen-bond acceptors (Lipinski definition) is 3. The van der Waals surface area contributed by atoms with Crippen molar-refractivity contribution in [2.75, 3.05) is 5.32 Å². The number of aryl methyl sites for hydroxylation is 1. The minimum atomic E-state index is -0.281. The number of amides is 1. The van der Waals surface area contributed by atoms with Gasteiger partial charge in [0.2, 0.25) is 0 Å². The third-order valence-corrected chi connectivity index (χ3v) is 5.80. The maximum absolute atomic E-state index is 12.5. The third kappa shape index (κ3) is 3.86. The Morgan fingerprint density at radius 2 is 1.57 bits per heavy atom. The first-order valence-corrected chi connectivity index (χ1v) is 9.73. The molecule has 0 saturated heterocycles. The molecule has 4 nitrogen and oxygen atoms in total. The molecule has 0 fully saturated rings. The summed E-state index contributed by atoms with van der Waals surface area (Å²) in [6, 6.07) is 9.23. The lowest BCUT2D eigenvalue weighted by atomic mass is 9.88. The van der Waals surface area contributed by atoms with Gasteiger partial charge in [-0.2, -0.15) is 0 Å². The zero-order chi connectivity index (χ0) is 20.4. The maximum Gasteiger partial charge on any atom is 0.292 e. The summed E-state index contributed by atoms with van der Waals surface area (Å²) in [7, 11) is 0. The zero-order valence-electron chi connectivity index (χ0n) is 17.6. The Hall–Kier alpha value is -2.88. The molecule has 28 heavy (non-hydrogen) atoms. The number of furan rings is 1. The quantitative estimate of drug-likeness (QED) is 0.628. The van der Waals surface area contributed by atoms with Gasteiger partial charge in [-0.3, -0.25) is 4.79 Å². The lowest BCUT2D eigenvalue weighted by Gasteiger charge is -2.18. The summed E-state index contributed by atoms with van der Waals surface area (Å²) in [5, 5.41) is 2.81. The summed E-state index contributed by atoms with van der Waals surface area (Å²) in [6.45, 7) is 12.9. The van der Waals surface area contributed by atoms with Crippen LogP contribution in [0.4, 0.5) is 5.82 Å². The van der Waals surface area contributed by atoms with E-state index >= 15 is 0 Å². The van der Waals surface area contributed by atoms with Gasteiger partial charge in [-0.15, -0.1) is 0 Å². The molecule has 2 aromatic heterocycles. The van der Waals surface area contributed by atoms with E-state index in [1.165, 1.54) is 33.4 Å². The minimum absolute atomic E-state index is 0.281. The first-order chi connectivity index (χ1) is 13.3. The molecule has 2 heterocycles. The molecule has 3 aromatic rings. The summed E-state index contributed by atoms with van der Waals surface area (Å²) in [6.07, 6.45) is 1.50. The van der Waals surface area contributed by atoms with Gasteiger partial charge >= 0.3 is 0 Å². The highest BCUT2D eigenvalue weighted by Gasteiger charge is 2.16. The van der Waals surface area contributed by atoms with Gasteiger partial charge in [0.05, 0.1) is 0 Å². The van der Waals surface area contributed by atoms with Gasteiger partial charge in [-0.1, -0.05) is 13.0 Å². The molecule has 1 amide bonds. The van der Waals surface area contributed by atoms with E-state index in [2.05, 4.69) is 44.9 Å². The fourth-order valence-electron chi connectivity index (χ4n) is 3.54. The molecule has 3 rings (SSSR count). The molecule has 0 aliphatic rings. The predicted octanol–water partition coefficient (Wildman–Crippen LogP) is 5.62. The molecule has 4 heteroatoms. The zero-order valence-corrected chi connectivity index (χ0v) is 17.6. The Bertz CT molecular complexity index is 1000. The molecule has 1 N–H and O–H groups in total. The second-order valence-corrected chi connectivity index (χ2v) is 7.37. The fourth-order valence-corrected chi connectivity index (χ4v) is 3.54. The van der Waals surface area contributed by atoms with E-state index in [4.69, 9.17) is 4.42 Å². The van der Waals surface area contributed by atoms with Gasteiger partial charge in [0.25, 0.3) is 5.91 Å². The van der Waals surface area contributed by atoms with Crippen LogP contribution in [0.25, 0.3) is 0 Å². The van der Waals surface area contributed by atoms with Crippen molar-refractivity contribution >= 4 is 11.7 Å². The summed E-state index contributed by atoms with van der Waals surface area (Å²) in [5.41, 5.74) is 8.80. The number of carbonyl (C=O) groups is 1. The van der Waals surface area contributed by atoms with E-state index in [9.17, 15) is 4.79 Å². The van der Waals surface area contributed by atoms with Crippen LogP contribution in [0.3, 0.4) is 0 Å². The SMILES string of the molecule is CCc1cccc(NC(=O)c2ccc(Cc3c(C)c(C)c(C)c(C)c3C)o2)n1. The monoisotopic (exact) mass is 376 g/mol. The van der Waals surface area contributed by atoms with Crippen molar-refractivity contribution in [1.82, 2.24) is 4.98 Å². The van der Waals surface area contributed by atoms with Crippen LogP contribution in [0.15, 0.2) is 34.7 Å². The standard InChI is InChI=1S/C24H28N2O2/c1-7-19-9-8-10-23(25-19)26-24(27)22-12-11-20(28-22)13-21-17(5)15(3)14(2)16(4)18(21)6/h8-12H,7,13H2,1-6H3,(H,25,26,27). The molecule has 1 aromatic carbocycles. The number of aromatic nitrogens is 1. The number of nitrogens with zero attached hydrogens (tertiary/aromatic N) is 1. The molecule has 0 spiro atoms. The van der Waals surface area contributed by atoms with Gasteiger partial charge in [0, 0.05) is 12.1 Å². The van der Waals surface area contributed by atoms with Crippen LogP contribution < -0.4 is 5.32 Å². The second kappa shape index (κ2) is 8.01. The number of carbonyl (C=O) groups excluding carboxylic acids is 1. The van der Waals surface area contributed by atoms with Gasteiger partial charge in [-0.25, -0.2) is 4.98 Å². The highest BCUT2D eigenvalue weighted by molar-refractivity contribution is 6.01. The number of nitrogens with one attached hydrogen (secondary N) is 1. The van der Waals surface area contributed by atoms with Crippen molar-refractivity contribution in [1.29, 1.82) is 0 Å². The number of benzene rings is 1. The molecule has 0 atom stereocenters. The molecule has 0 bridgehead atoms. The van der Waals surface area contributed by atoms with E-state index in [0.29, 0.717) is 18.0 Å². The van der Waals surface area contributed by atoms with Crippen molar-refractivity contribution in [3.05, 3.63) is 80.9 Å². The van der Waals surface area contributed by atoms with E-state index in [1.54, 1.807) is 12.1 Å². The topological polar surface area (TPSA) is 55.1 Å². The molecule has 146 valence electrons. The summed E-state index contributed by atoms with van der Waals surface area (Å²) < 4.78 is 5.86. The molecular formula is C24H28N2O2. The Morgan fingerprint density at radius 3 is 2.21 bits per heavy atom. The largest absolute Gasteiger partial charge is 0.456 e. The van der Waals surface area contributed by atoms with Crippen LogP contribution in [-0.2, 0) is 12.8 Å². The van der Waals surface area contributed by atoms with Crippen molar-refractivity contribution < 1.29 is 9.21 Å². The lowest BCUT2D eigenvalue weighted by Crippen LogP contribution is -2.12. The van der Waals surface area contributed by atoms with Crippen LogP contribution in [0.2, 0.25) is 0 Å².